The van der Waals surface area contributed by atoms with E-state index in [1.165, 1.54) is 5.32 Å². The van der Waals surface area contributed by atoms with Gasteiger partial charge >= 0.3 is 12.1 Å². The van der Waals surface area contributed by atoms with Gasteiger partial charge < -0.3 is 10.4 Å². The minimum atomic E-state index is -5.13. The first kappa shape index (κ1) is 13.4. The zero-order valence-corrected chi connectivity index (χ0v) is 9.09. The third kappa shape index (κ3) is 2.52. The maximum atomic E-state index is 12.5. The Hall–Kier alpha value is -1.71. The number of aromatic nitrogens is 2. The Kier molecular flexibility index (Phi) is 3.36. The summed E-state index contributed by atoms with van der Waals surface area (Å²) in [6.45, 7) is 0.354. The number of hydrogen-bond acceptors (Lipinski definition) is 5. The molecule has 10 heteroatoms. The molecule has 1 rings (SSSR count). The molecule has 1 aromatic rings. The van der Waals surface area contributed by atoms with Crippen LogP contribution >= 0.6 is 11.7 Å². The van der Waals surface area contributed by atoms with Gasteiger partial charge in [-0.05, 0) is 6.92 Å². The minimum absolute atomic E-state index is 0.354. The van der Waals surface area contributed by atoms with E-state index in [1.54, 1.807) is 0 Å². The predicted molar refractivity (Wildman–Crippen MR) is 49.5 cm³/mol. The molecule has 1 heterocycles. The van der Waals surface area contributed by atoms with Crippen molar-refractivity contribution in [3.63, 3.8) is 0 Å². The Morgan fingerprint density at radius 2 is 2.06 bits per heavy atom. The topological polar surface area (TPSA) is 92.2 Å². The molecule has 0 bridgehead atoms. The van der Waals surface area contributed by atoms with Crippen LogP contribution in [0.25, 0.3) is 0 Å². The molecule has 0 aromatic carbocycles. The first-order chi connectivity index (χ1) is 7.68. The SMILES string of the molecule is CC(NC(=O)c1cnsn1)(C(=O)O)C(F)(F)F. The molecule has 2 N–H and O–H groups in total. The minimum Gasteiger partial charge on any atom is -0.479 e. The monoisotopic (exact) mass is 269 g/mol. The van der Waals surface area contributed by atoms with E-state index in [9.17, 15) is 22.8 Å². The summed E-state index contributed by atoms with van der Waals surface area (Å²) in [7, 11) is 0. The molecule has 0 saturated heterocycles. The van der Waals surface area contributed by atoms with Crippen LogP contribution in [0.2, 0.25) is 0 Å². The van der Waals surface area contributed by atoms with Crippen molar-refractivity contribution in [1.29, 1.82) is 0 Å². The van der Waals surface area contributed by atoms with E-state index in [0.29, 0.717) is 18.7 Å². The van der Waals surface area contributed by atoms with Gasteiger partial charge in [0.15, 0.2) is 5.69 Å². The summed E-state index contributed by atoms with van der Waals surface area (Å²) < 4.78 is 44.4. The molecule has 0 fully saturated rings. The van der Waals surface area contributed by atoms with Crippen molar-refractivity contribution in [2.24, 2.45) is 0 Å². The number of hydrogen-bond donors (Lipinski definition) is 2. The Morgan fingerprint density at radius 1 is 1.47 bits per heavy atom. The van der Waals surface area contributed by atoms with Crippen molar-refractivity contribution in [2.75, 3.05) is 0 Å². The first-order valence-corrected chi connectivity index (χ1v) is 4.81. The molecule has 0 radical (unpaired) electrons. The van der Waals surface area contributed by atoms with Crippen molar-refractivity contribution in [3.05, 3.63) is 11.9 Å². The lowest BCUT2D eigenvalue weighted by molar-refractivity contribution is -0.203. The number of halogens is 3. The number of carboxylic acid groups (broad SMARTS) is 1. The highest BCUT2D eigenvalue weighted by molar-refractivity contribution is 6.99. The number of carbonyl (C=O) groups excluding carboxylic acids is 1. The van der Waals surface area contributed by atoms with Gasteiger partial charge in [0.2, 0.25) is 5.54 Å². The zero-order valence-electron chi connectivity index (χ0n) is 8.28. The molecule has 1 atom stereocenters. The summed E-state index contributed by atoms with van der Waals surface area (Å²) in [6.07, 6.45) is -4.18. The lowest BCUT2D eigenvalue weighted by atomic mass is 10.0. The summed E-state index contributed by atoms with van der Waals surface area (Å²) in [5.74, 6) is -3.46. The van der Waals surface area contributed by atoms with Gasteiger partial charge in [0.25, 0.3) is 5.91 Å². The summed E-state index contributed by atoms with van der Waals surface area (Å²) in [5, 5.41) is 9.92. The first-order valence-electron chi connectivity index (χ1n) is 4.08. The van der Waals surface area contributed by atoms with Crippen molar-refractivity contribution in [1.82, 2.24) is 14.1 Å². The lowest BCUT2D eigenvalue weighted by Gasteiger charge is -2.28. The number of carboxylic acids is 1. The average Bonchev–Trinajstić information content (AvgIpc) is 2.67. The van der Waals surface area contributed by atoms with Crippen LogP contribution in [0.4, 0.5) is 13.2 Å². The Labute approximate surface area is 96.8 Å². The van der Waals surface area contributed by atoms with E-state index in [2.05, 4.69) is 8.75 Å². The highest BCUT2D eigenvalue weighted by Gasteiger charge is 2.58. The van der Waals surface area contributed by atoms with Gasteiger partial charge in [-0.3, -0.25) is 4.79 Å². The largest absolute Gasteiger partial charge is 0.479 e. The summed E-state index contributed by atoms with van der Waals surface area (Å²) in [5.41, 5.74) is -3.74. The lowest BCUT2D eigenvalue weighted by Crippen LogP contribution is -2.61. The number of nitrogens with zero attached hydrogens (tertiary/aromatic N) is 2. The van der Waals surface area contributed by atoms with E-state index in [1.807, 2.05) is 0 Å². The van der Waals surface area contributed by atoms with Crippen molar-refractivity contribution < 1.29 is 27.9 Å². The average molecular weight is 269 g/mol. The molecular weight excluding hydrogens is 263 g/mol. The standard InChI is InChI=1S/C7H6F3N3O3S/c1-6(5(15)16,7(8,9)10)12-4(14)3-2-11-17-13-3/h2H,1H3,(H,12,14)(H,15,16). The molecule has 0 aliphatic rings. The zero-order chi connectivity index (χ0) is 13.3. The maximum Gasteiger partial charge on any atom is 0.422 e. The van der Waals surface area contributed by atoms with Gasteiger partial charge in [-0.1, -0.05) is 0 Å². The molecule has 0 aliphatic heterocycles. The second-order valence-electron chi connectivity index (χ2n) is 3.17. The molecule has 94 valence electrons. The summed E-state index contributed by atoms with van der Waals surface area (Å²) in [4.78, 5) is 21.9. The molecule has 6 nitrogen and oxygen atoms in total. The van der Waals surface area contributed by atoms with Crippen LogP contribution in [-0.2, 0) is 4.79 Å². The van der Waals surface area contributed by atoms with E-state index in [0.717, 1.165) is 6.20 Å². The van der Waals surface area contributed by atoms with E-state index in [4.69, 9.17) is 5.11 Å². The van der Waals surface area contributed by atoms with Gasteiger partial charge in [-0.2, -0.15) is 21.9 Å². The summed E-state index contributed by atoms with van der Waals surface area (Å²) in [6, 6.07) is 0. The number of carbonyl (C=O) groups is 2. The highest BCUT2D eigenvalue weighted by Crippen LogP contribution is 2.30. The van der Waals surface area contributed by atoms with Gasteiger partial charge in [0.05, 0.1) is 17.9 Å². The van der Waals surface area contributed by atoms with Crippen LogP contribution in [0, 0.1) is 0 Å². The van der Waals surface area contributed by atoms with Crippen molar-refractivity contribution in [2.45, 2.75) is 18.6 Å². The van der Waals surface area contributed by atoms with Crippen LogP contribution in [0.5, 0.6) is 0 Å². The smallest absolute Gasteiger partial charge is 0.422 e. The number of amides is 1. The van der Waals surface area contributed by atoms with E-state index in [-0.39, 0.29) is 5.69 Å². The number of aliphatic carboxylic acids is 1. The molecule has 0 aliphatic carbocycles. The quantitative estimate of drug-likeness (QED) is 0.841. The third-order valence-corrected chi connectivity index (χ3v) is 2.43. The fraction of sp³-hybridized carbons (Fsp3) is 0.429. The van der Waals surface area contributed by atoms with Gasteiger partial charge in [0.1, 0.15) is 0 Å². The van der Waals surface area contributed by atoms with E-state index >= 15 is 0 Å². The molecule has 0 spiro atoms. The molecule has 17 heavy (non-hydrogen) atoms. The van der Waals surface area contributed by atoms with Crippen LogP contribution in [0.1, 0.15) is 17.4 Å². The molecular formula is C7H6F3N3O3S. The predicted octanol–water partition coefficient (Wildman–Crippen LogP) is 0.673. The fourth-order valence-corrected chi connectivity index (χ4v) is 1.21. The van der Waals surface area contributed by atoms with Gasteiger partial charge in [0, 0.05) is 0 Å². The van der Waals surface area contributed by atoms with Crippen LogP contribution < -0.4 is 5.32 Å². The molecule has 1 unspecified atom stereocenters. The Morgan fingerprint density at radius 3 is 2.41 bits per heavy atom. The third-order valence-electron chi connectivity index (χ3n) is 1.95. The van der Waals surface area contributed by atoms with Crippen LogP contribution in [-0.4, -0.2) is 37.4 Å². The molecule has 1 aromatic heterocycles. The Balaban J connectivity index is 2.97. The molecule has 1 amide bonds. The summed E-state index contributed by atoms with van der Waals surface area (Å²) >= 11 is 0.620. The highest BCUT2D eigenvalue weighted by atomic mass is 32.1. The fourth-order valence-electron chi connectivity index (χ4n) is 0.801. The normalized spacial score (nSPS) is 15.1. The van der Waals surface area contributed by atoms with E-state index < -0.39 is 23.6 Å². The van der Waals surface area contributed by atoms with Gasteiger partial charge in [-0.25, -0.2) is 4.79 Å². The number of nitrogens with one attached hydrogen (secondary N) is 1. The second-order valence-corrected chi connectivity index (χ2v) is 3.73. The van der Waals surface area contributed by atoms with Crippen LogP contribution in [0.3, 0.4) is 0 Å². The maximum absolute atomic E-state index is 12.5. The van der Waals surface area contributed by atoms with Gasteiger partial charge in [-0.15, -0.1) is 0 Å². The number of rotatable bonds is 3. The van der Waals surface area contributed by atoms with Crippen molar-refractivity contribution >= 4 is 23.6 Å². The Bertz CT molecular complexity index is 433. The van der Waals surface area contributed by atoms with Crippen molar-refractivity contribution in [3.8, 4) is 0 Å². The second kappa shape index (κ2) is 4.28. The number of alkyl halides is 3. The van der Waals surface area contributed by atoms with Crippen LogP contribution in [0.15, 0.2) is 6.20 Å². The molecule has 0 saturated carbocycles.